The maximum atomic E-state index is 12.4. The highest BCUT2D eigenvalue weighted by atomic mass is 16.2. The molecule has 0 unspecified atom stereocenters. The molecule has 0 atom stereocenters. The molecule has 2 aromatic carbocycles. The van der Waals surface area contributed by atoms with Gasteiger partial charge in [-0.3, -0.25) is 4.79 Å². The van der Waals surface area contributed by atoms with Crippen molar-refractivity contribution in [3.05, 3.63) is 76.1 Å². The molecule has 0 spiro atoms. The molecule has 1 aromatic heterocycles. The summed E-state index contributed by atoms with van der Waals surface area (Å²) in [4.78, 5) is 14.0. The van der Waals surface area contributed by atoms with Gasteiger partial charge in [0.15, 0.2) is 0 Å². The summed E-state index contributed by atoms with van der Waals surface area (Å²) in [7, 11) is 3.48. The van der Waals surface area contributed by atoms with Crippen LogP contribution < -0.4 is 0 Å². The zero-order valence-corrected chi connectivity index (χ0v) is 17.9. The number of carbonyl (C=O) groups excluding carboxylic acids is 1. The minimum absolute atomic E-state index is 0.0341. The van der Waals surface area contributed by atoms with Crippen molar-refractivity contribution in [1.29, 1.82) is 10.5 Å². The van der Waals surface area contributed by atoms with Crippen LogP contribution in [0.5, 0.6) is 0 Å². The van der Waals surface area contributed by atoms with Crippen molar-refractivity contribution < 1.29 is 4.79 Å². The Balaban J connectivity index is 2.23. The van der Waals surface area contributed by atoms with Gasteiger partial charge in [0, 0.05) is 42.3 Å². The van der Waals surface area contributed by atoms with Crippen molar-refractivity contribution >= 4 is 5.91 Å². The second-order valence-corrected chi connectivity index (χ2v) is 7.45. The molecule has 0 aliphatic heterocycles. The maximum absolute atomic E-state index is 12.4. The number of rotatable bonds is 4. The van der Waals surface area contributed by atoms with Crippen LogP contribution in [0.15, 0.2) is 42.5 Å². The highest BCUT2D eigenvalue weighted by Crippen LogP contribution is 2.35. The molecule has 5 nitrogen and oxygen atoms in total. The zero-order valence-electron chi connectivity index (χ0n) is 17.9. The molecule has 3 rings (SSSR count). The van der Waals surface area contributed by atoms with E-state index in [0.29, 0.717) is 16.7 Å². The average molecular weight is 396 g/mol. The van der Waals surface area contributed by atoms with Crippen LogP contribution in [-0.4, -0.2) is 29.5 Å². The number of nitrogens with zero attached hydrogens (tertiary/aromatic N) is 4. The SMILES string of the molecule is CCc1cc(C(=O)N(C)C)ccc1-n1c(C)c(C#N)c(-c2ccc(C#N)cc2)c1C. The van der Waals surface area contributed by atoms with Crippen LogP contribution in [-0.2, 0) is 6.42 Å². The number of aryl methyl sites for hydroxylation is 1. The lowest BCUT2D eigenvalue weighted by Gasteiger charge is -2.17. The van der Waals surface area contributed by atoms with E-state index in [1.165, 1.54) is 0 Å². The molecule has 0 N–H and O–H groups in total. The van der Waals surface area contributed by atoms with Gasteiger partial charge in [-0.25, -0.2) is 0 Å². The first kappa shape index (κ1) is 20.9. The number of benzene rings is 2. The molecule has 0 saturated carbocycles. The Morgan fingerprint density at radius 3 is 2.20 bits per heavy atom. The molecule has 150 valence electrons. The van der Waals surface area contributed by atoms with E-state index in [2.05, 4.69) is 23.6 Å². The highest BCUT2D eigenvalue weighted by Gasteiger charge is 2.22. The van der Waals surface area contributed by atoms with Gasteiger partial charge < -0.3 is 9.47 Å². The standard InChI is InChI=1S/C25H24N4O/c1-6-19-13-21(25(30)28(4)5)11-12-23(19)29-16(2)22(15-27)24(17(29)3)20-9-7-18(14-26)8-10-20/h7-13H,6H2,1-5H3. The summed E-state index contributed by atoms with van der Waals surface area (Å²) < 4.78 is 2.09. The lowest BCUT2D eigenvalue weighted by Crippen LogP contribution is -2.22. The van der Waals surface area contributed by atoms with E-state index in [1.54, 1.807) is 31.1 Å². The number of aromatic nitrogens is 1. The van der Waals surface area contributed by atoms with Crippen molar-refractivity contribution in [3.8, 4) is 29.0 Å². The summed E-state index contributed by atoms with van der Waals surface area (Å²) in [6.45, 7) is 6.00. The predicted octanol–water partition coefficient (Wildman–Crippen LogP) is 4.77. The largest absolute Gasteiger partial charge is 0.345 e. The molecule has 5 heteroatoms. The second-order valence-electron chi connectivity index (χ2n) is 7.45. The third-order valence-electron chi connectivity index (χ3n) is 5.41. The van der Waals surface area contributed by atoms with Gasteiger partial charge in [-0.05, 0) is 61.7 Å². The topological polar surface area (TPSA) is 72.8 Å². The molecule has 0 saturated heterocycles. The van der Waals surface area contributed by atoms with E-state index in [4.69, 9.17) is 5.26 Å². The molecular formula is C25H24N4O. The Labute approximate surface area is 177 Å². The summed E-state index contributed by atoms with van der Waals surface area (Å²) in [6.07, 6.45) is 0.759. The van der Waals surface area contributed by atoms with Crippen LogP contribution in [0.1, 0.15) is 45.4 Å². The minimum Gasteiger partial charge on any atom is -0.345 e. The lowest BCUT2D eigenvalue weighted by atomic mass is 10.00. The Kier molecular flexibility index (Phi) is 5.76. The third-order valence-corrected chi connectivity index (χ3v) is 5.41. The number of amides is 1. The number of hydrogen-bond acceptors (Lipinski definition) is 3. The van der Waals surface area contributed by atoms with E-state index in [1.807, 2.05) is 44.2 Å². The number of carbonyl (C=O) groups is 1. The Morgan fingerprint density at radius 1 is 1.00 bits per heavy atom. The predicted molar refractivity (Wildman–Crippen MR) is 118 cm³/mol. The van der Waals surface area contributed by atoms with E-state index < -0.39 is 0 Å². The summed E-state index contributed by atoms with van der Waals surface area (Å²) >= 11 is 0. The van der Waals surface area contributed by atoms with Crippen LogP contribution in [0.3, 0.4) is 0 Å². The van der Waals surface area contributed by atoms with Crippen molar-refractivity contribution in [2.75, 3.05) is 14.1 Å². The van der Waals surface area contributed by atoms with Crippen LogP contribution in [0.2, 0.25) is 0 Å². The Bertz CT molecular complexity index is 1200. The van der Waals surface area contributed by atoms with Gasteiger partial charge in [0.2, 0.25) is 0 Å². The first-order valence-electron chi connectivity index (χ1n) is 9.81. The normalized spacial score (nSPS) is 10.4. The molecule has 1 heterocycles. The molecule has 3 aromatic rings. The first-order valence-corrected chi connectivity index (χ1v) is 9.81. The molecule has 0 fully saturated rings. The van der Waals surface area contributed by atoms with E-state index in [-0.39, 0.29) is 5.91 Å². The van der Waals surface area contributed by atoms with E-state index >= 15 is 0 Å². The van der Waals surface area contributed by atoms with E-state index in [0.717, 1.165) is 40.2 Å². The van der Waals surface area contributed by atoms with Gasteiger partial charge in [-0.1, -0.05) is 19.1 Å². The summed E-state index contributed by atoms with van der Waals surface area (Å²) in [5.41, 5.74) is 7.45. The van der Waals surface area contributed by atoms with Crippen molar-refractivity contribution in [2.24, 2.45) is 0 Å². The Hall–Kier alpha value is -3.83. The first-order chi connectivity index (χ1) is 14.3. The molecule has 0 aliphatic rings. The minimum atomic E-state index is -0.0341. The van der Waals surface area contributed by atoms with Crippen LogP contribution in [0.25, 0.3) is 16.8 Å². The molecule has 1 amide bonds. The summed E-state index contributed by atoms with van der Waals surface area (Å²) in [5.74, 6) is -0.0341. The van der Waals surface area contributed by atoms with Crippen molar-refractivity contribution in [3.63, 3.8) is 0 Å². The monoisotopic (exact) mass is 396 g/mol. The quantitative estimate of drug-likeness (QED) is 0.638. The van der Waals surface area contributed by atoms with Gasteiger partial charge in [-0.15, -0.1) is 0 Å². The number of nitriles is 2. The van der Waals surface area contributed by atoms with Crippen molar-refractivity contribution in [1.82, 2.24) is 9.47 Å². The third kappa shape index (κ3) is 3.47. The Morgan fingerprint density at radius 2 is 1.67 bits per heavy atom. The second kappa shape index (κ2) is 8.27. The highest BCUT2D eigenvalue weighted by molar-refractivity contribution is 5.94. The number of hydrogen-bond donors (Lipinski definition) is 0. The molecule has 30 heavy (non-hydrogen) atoms. The van der Waals surface area contributed by atoms with Gasteiger partial charge in [-0.2, -0.15) is 10.5 Å². The van der Waals surface area contributed by atoms with Crippen LogP contribution >= 0.6 is 0 Å². The van der Waals surface area contributed by atoms with Crippen molar-refractivity contribution in [2.45, 2.75) is 27.2 Å². The van der Waals surface area contributed by atoms with Crippen LogP contribution in [0, 0.1) is 36.5 Å². The fraction of sp³-hybridized carbons (Fsp3) is 0.240. The van der Waals surface area contributed by atoms with Gasteiger partial charge in [0.25, 0.3) is 5.91 Å². The smallest absolute Gasteiger partial charge is 0.253 e. The zero-order chi connectivity index (χ0) is 22.0. The average Bonchev–Trinajstić information content (AvgIpc) is 3.01. The fourth-order valence-corrected chi connectivity index (χ4v) is 3.88. The lowest BCUT2D eigenvalue weighted by molar-refractivity contribution is 0.0827. The fourth-order valence-electron chi connectivity index (χ4n) is 3.88. The maximum Gasteiger partial charge on any atom is 0.253 e. The van der Waals surface area contributed by atoms with Gasteiger partial charge >= 0.3 is 0 Å². The molecule has 0 radical (unpaired) electrons. The molecule has 0 aliphatic carbocycles. The van der Waals surface area contributed by atoms with E-state index in [9.17, 15) is 10.1 Å². The van der Waals surface area contributed by atoms with Gasteiger partial charge in [0.1, 0.15) is 6.07 Å². The summed E-state index contributed by atoms with van der Waals surface area (Å²) in [6, 6.07) is 17.5. The molecule has 0 bridgehead atoms. The van der Waals surface area contributed by atoms with Gasteiger partial charge in [0.05, 0.1) is 17.2 Å². The summed E-state index contributed by atoms with van der Waals surface area (Å²) in [5, 5.41) is 19.0. The van der Waals surface area contributed by atoms with Crippen LogP contribution in [0.4, 0.5) is 0 Å². The molecular weight excluding hydrogens is 372 g/mol.